The van der Waals surface area contributed by atoms with E-state index in [1.54, 1.807) is 42.5 Å². The van der Waals surface area contributed by atoms with Crippen LogP contribution in [-0.4, -0.2) is 16.3 Å². The number of ketones is 1. The lowest BCUT2D eigenvalue weighted by Crippen LogP contribution is -2.23. The molecule has 0 spiro atoms. The normalized spacial score (nSPS) is 10.4. The molecule has 6 heteroatoms. The van der Waals surface area contributed by atoms with Gasteiger partial charge < -0.3 is 9.88 Å². The molecule has 27 heavy (non-hydrogen) atoms. The molecule has 0 aliphatic heterocycles. The number of carbonyl (C=O) groups excluding carboxylic acids is 2. The van der Waals surface area contributed by atoms with Crippen LogP contribution in [0.2, 0.25) is 5.02 Å². The summed E-state index contributed by atoms with van der Waals surface area (Å²) in [4.78, 5) is 36.4. The van der Waals surface area contributed by atoms with E-state index in [2.05, 4.69) is 5.32 Å². The lowest BCUT2D eigenvalue weighted by molar-refractivity contribution is 0.101. The second-order valence-corrected chi connectivity index (χ2v) is 6.51. The van der Waals surface area contributed by atoms with Gasteiger partial charge in [-0.1, -0.05) is 35.9 Å². The van der Waals surface area contributed by atoms with E-state index < -0.39 is 5.91 Å². The van der Waals surface area contributed by atoms with Gasteiger partial charge in [-0.2, -0.15) is 0 Å². The van der Waals surface area contributed by atoms with Gasteiger partial charge in [0, 0.05) is 22.8 Å². The van der Waals surface area contributed by atoms with Crippen LogP contribution in [0.4, 0.5) is 5.69 Å². The van der Waals surface area contributed by atoms with Crippen molar-refractivity contribution in [3.05, 3.63) is 98.9 Å². The number of anilines is 1. The zero-order valence-corrected chi connectivity index (χ0v) is 15.4. The quantitative estimate of drug-likeness (QED) is 0.680. The third-order valence-electron chi connectivity index (χ3n) is 4.04. The number of para-hydroxylation sites is 1. The zero-order chi connectivity index (χ0) is 19.4. The van der Waals surface area contributed by atoms with Crippen LogP contribution in [0.5, 0.6) is 0 Å². The Morgan fingerprint density at radius 1 is 1.04 bits per heavy atom. The molecule has 0 fully saturated rings. The van der Waals surface area contributed by atoms with Crippen molar-refractivity contribution in [2.45, 2.75) is 13.5 Å². The largest absolute Gasteiger partial charge is 0.321 e. The number of halogens is 1. The zero-order valence-electron chi connectivity index (χ0n) is 14.6. The van der Waals surface area contributed by atoms with Crippen molar-refractivity contribution in [1.29, 1.82) is 0 Å². The lowest BCUT2D eigenvalue weighted by atomic mass is 10.1. The number of aromatic nitrogens is 1. The fraction of sp³-hybridized carbons (Fsp3) is 0.0952. The van der Waals surface area contributed by atoms with Gasteiger partial charge in [-0.05, 0) is 42.8 Å². The highest BCUT2D eigenvalue weighted by atomic mass is 35.5. The van der Waals surface area contributed by atoms with E-state index >= 15 is 0 Å². The number of amides is 1. The summed E-state index contributed by atoms with van der Waals surface area (Å²) in [6.45, 7) is 1.74. The van der Waals surface area contributed by atoms with Gasteiger partial charge in [0.25, 0.3) is 11.5 Å². The van der Waals surface area contributed by atoms with Crippen LogP contribution in [0.1, 0.15) is 33.2 Å². The molecule has 1 aromatic heterocycles. The minimum Gasteiger partial charge on any atom is -0.321 e. The van der Waals surface area contributed by atoms with E-state index in [4.69, 9.17) is 11.6 Å². The van der Waals surface area contributed by atoms with Gasteiger partial charge in [0.05, 0.1) is 17.8 Å². The minimum atomic E-state index is -0.399. The van der Waals surface area contributed by atoms with E-state index in [9.17, 15) is 14.4 Å². The highest BCUT2D eigenvalue weighted by Gasteiger charge is 2.12. The molecule has 0 aliphatic rings. The molecule has 0 radical (unpaired) electrons. The van der Waals surface area contributed by atoms with Crippen LogP contribution in [0, 0.1) is 0 Å². The minimum absolute atomic E-state index is 0.142. The van der Waals surface area contributed by atoms with Gasteiger partial charge in [-0.25, -0.2) is 0 Å². The number of nitrogens with one attached hydrogen (secondary N) is 1. The Bertz CT molecular complexity index is 1070. The van der Waals surface area contributed by atoms with Crippen molar-refractivity contribution in [2.24, 2.45) is 0 Å². The molecule has 0 unspecified atom stereocenters. The maximum atomic E-state index is 12.6. The number of rotatable bonds is 5. The van der Waals surface area contributed by atoms with Gasteiger partial charge in [-0.15, -0.1) is 0 Å². The molecule has 5 nitrogen and oxygen atoms in total. The third-order valence-corrected chi connectivity index (χ3v) is 4.28. The van der Waals surface area contributed by atoms with Gasteiger partial charge in [0.1, 0.15) is 0 Å². The molecule has 1 heterocycles. The molecule has 0 saturated heterocycles. The lowest BCUT2D eigenvalue weighted by Gasteiger charge is -2.11. The van der Waals surface area contributed by atoms with E-state index in [1.165, 1.54) is 29.8 Å². The van der Waals surface area contributed by atoms with Crippen LogP contribution in [0.15, 0.2) is 71.7 Å². The highest BCUT2D eigenvalue weighted by Crippen LogP contribution is 2.17. The van der Waals surface area contributed by atoms with Crippen molar-refractivity contribution >= 4 is 29.0 Å². The van der Waals surface area contributed by atoms with E-state index in [1.807, 2.05) is 6.07 Å². The van der Waals surface area contributed by atoms with Crippen LogP contribution >= 0.6 is 11.6 Å². The second-order valence-electron chi connectivity index (χ2n) is 6.07. The number of hydrogen-bond acceptors (Lipinski definition) is 3. The number of Topliss-reactive ketones (excluding diaryl/α,β-unsaturated/α-hetero) is 1. The Morgan fingerprint density at radius 3 is 2.56 bits per heavy atom. The van der Waals surface area contributed by atoms with Crippen molar-refractivity contribution < 1.29 is 9.59 Å². The summed E-state index contributed by atoms with van der Waals surface area (Å²) in [6, 6.07) is 16.8. The summed E-state index contributed by atoms with van der Waals surface area (Å²) in [5.41, 5.74) is 1.80. The van der Waals surface area contributed by atoms with Crippen LogP contribution in [0.3, 0.4) is 0 Å². The molecular weight excluding hydrogens is 364 g/mol. The predicted molar refractivity (Wildman–Crippen MR) is 106 cm³/mol. The molecule has 0 saturated carbocycles. The Balaban J connectivity index is 1.86. The highest BCUT2D eigenvalue weighted by molar-refractivity contribution is 6.30. The summed E-state index contributed by atoms with van der Waals surface area (Å²) in [5, 5.41) is 3.31. The molecule has 136 valence electrons. The van der Waals surface area contributed by atoms with Crippen molar-refractivity contribution in [3.8, 4) is 0 Å². The molecule has 0 bridgehead atoms. The van der Waals surface area contributed by atoms with Crippen LogP contribution in [-0.2, 0) is 6.54 Å². The maximum absolute atomic E-state index is 12.6. The first-order valence-corrected chi connectivity index (χ1v) is 8.68. The fourth-order valence-electron chi connectivity index (χ4n) is 2.71. The van der Waals surface area contributed by atoms with E-state index in [-0.39, 0.29) is 11.3 Å². The maximum Gasteiger partial charge on any atom is 0.257 e. The first kappa shape index (κ1) is 18.6. The molecule has 0 atom stereocenters. The smallest absolute Gasteiger partial charge is 0.257 e. The van der Waals surface area contributed by atoms with Crippen molar-refractivity contribution in [1.82, 2.24) is 4.57 Å². The number of nitrogens with zero attached hydrogens (tertiary/aromatic N) is 1. The third kappa shape index (κ3) is 4.51. The number of pyridine rings is 1. The van der Waals surface area contributed by atoms with Gasteiger partial charge in [0.2, 0.25) is 0 Å². The summed E-state index contributed by atoms with van der Waals surface area (Å²) in [6.07, 6.45) is 1.49. The fourth-order valence-corrected chi connectivity index (χ4v) is 2.93. The molecule has 3 rings (SSSR count). The van der Waals surface area contributed by atoms with E-state index in [0.717, 1.165) is 5.56 Å². The standard InChI is InChI=1S/C21H17ClN2O3/c1-14(25)18-7-2-3-8-19(18)23-21(27)16-9-10-20(26)24(13-16)12-15-5-4-6-17(22)11-15/h2-11,13H,12H2,1H3,(H,23,27). The van der Waals surface area contributed by atoms with Crippen LogP contribution in [0.25, 0.3) is 0 Å². The molecule has 2 aromatic carbocycles. The SMILES string of the molecule is CC(=O)c1ccccc1NC(=O)c1ccc(=O)n(Cc2cccc(Cl)c2)c1. The first-order chi connectivity index (χ1) is 12.9. The van der Waals surface area contributed by atoms with E-state index in [0.29, 0.717) is 28.4 Å². The first-order valence-electron chi connectivity index (χ1n) is 8.30. The summed E-state index contributed by atoms with van der Waals surface area (Å²) in [7, 11) is 0. The Hall–Kier alpha value is -3.18. The second kappa shape index (κ2) is 8.01. The number of benzene rings is 2. The molecule has 1 N–H and O–H groups in total. The molecule has 1 amide bonds. The molecule has 3 aromatic rings. The number of hydrogen-bond donors (Lipinski definition) is 1. The average molecular weight is 381 g/mol. The summed E-state index contributed by atoms with van der Waals surface area (Å²) in [5.74, 6) is -0.541. The van der Waals surface area contributed by atoms with Gasteiger partial charge in [-0.3, -0.25) is 14.4 Å². The summed E-state index contributed by atoms with van der Waals surface area (Å²) >= 11 is 5.98. The van der Waals surface area contributed by atoms with Crippen molar-refractivity contribution in [3.63, 3.8) is 0 Å². The van der Waals surface area contributed by atoms with Crippen LogP contribution < -0.4 is 10.9 Å². The Kier molecular flexibility index (Phi) is 5.52. The molecular formula is C21H17ClN2O3. The molecule has 0 aliphatic carbocycles. The van der Waals surface area contributed by atoms with Gasteiger partial charge >= 0.3 is 0 Å². The Labute approximate surface area is 161 Å². The monoisotopic (exact) mass is 380 g/mol. The van der Waals surface area contributed by atoms with Gasteiger partial charge in [0.15, 0.2) is 5.78 Å². The topological polar surface area (TPSA) is 68.2 Å². The Morgan fingerprint density at radius 2 is 1.81 bits per heavy atom. The predicted octanol–water partition coefficient (Wildman–Crippen LogP) is 4.00. The average Bonchev–Trinajstić information content (AvgIpc) is 2.64. The summed E-state index contributed by atoms with van der Waals surface area (Å²) < 4.78 is 1.44. The number of carbonyl (C=O) groups is 2. The van der Waals surface area contributed by atoms with Crippen molar-refractivity contribution in [2.75, 3.05) is 5.32 Å².